The fraction of sp³-hybridized carbons (Fsp3) is 0.467. The fourth-order valence-corrected chi connectivity index (χ4v) is 2.75. The number of hydrogen-bond acceptors (Lipinski definition) is 3. The molecule has 100 valence electrons. The normalized spacial score (nSPS) is 14.3. The number of anilines is 1. The summed E-state index contributed by atoms with van der Waals surface area (Å²) in [5, 5.41) is 8.24. The van der Waals surface area contributed by atoms with Crippen LogP contribution < -0.4 is 5.32 Å². The number of aromatic nitrogens is 3. The van der Waals surface area contributed by atoms with Crippen LogP contribution in [-0.4, -0.2) is 21.3 Å². The van der Waals surface area contributed by atoms with Crippen LogP contribution in [0, 0.1) is 6.92 Å². The van der Waals surface area contributed by atoms with Crippen molar-refractivity contribution in [2.75, 3.05) is 11.9 Å². The molecule has 1 aliphatic rings. The Hall–Kier alpha value is -1.84. The third kappa shape index (κ3) is 1.91. The number of nitrogens with one attached hydrogen (secondary N) is 1. The molecule has 4 nitrogen and oxygen atoms in total. The van der Waals surface area contributed by atoms with E-state index in [4.69, 9.17) is 5.10 Å². The van der Waals surface area contributed by atoms with Crippen LogP contribution in [0.25, 0.3) is 11.3 Å². The van der Waals surface area contributed by atoms with E-state index < -0.39 is 0 Å². The highest BCUT2D eigenvalue weighted by Crippen LogP contribution is 2.34. The summed E-state index contributed by atoms with van der Waals surface area (Å²) < 4.78 is 2.14. The largest absolute Gasteiger partial charge is 0.369 e. The number of hydrogen-bond donors (Lipinski definition) is 1. The van der Waals surface area contributed by atoms with Gasteiger partial charge in [-0.2, -0.15) is 5.10 Å². The number of nitrogens with zero attached hydrogens (tertiary/aromatic N) is 3. The van der Waals surface area contributed by atoms with Crippen LogP contribution in [0.15, 0.2) is 18.3 Å². The van der Waals surface area contributed by atoms with Gasteiger partial charge in [-0.3, -0.25) is 4.68 Å². The maximum Gasteiger partial charge on any atom is 0.135 e. The minimum Gasteiger partial charge on any atom is -0.369 e. The monoisotopic (exact) mass is 256 g/mol. The van der Waals surface area contributed by atoms with E-state index in [9.17, 15) is 0 Å². The molecule has 0 fully saturated rings. The molecule has 0 aliphatic carbocycles. The van der Waals surface area contributed by atoms with E-state index in [0.29, 0.717) is 0 Å². The first-order chi connectivity index (χ1) is 8.98. The smallest absolute Gasteiger partial charge is 0.135 e. The van der Waals surface area contributed by atoms with Gasteiger partial charge in [0.15, 0.2) is 0 Å². The predicted molar refractivity (Wildman–Crippen MR) is 77.4 cm³/mol. The van der Waals surface area contributed by atoms with Crippen LogP contribution in [0.2, 0.25) is 0 Å². The first-order valence-corrected chi connectivity index (χ1v) is 6.77. The average Bonchev–Trinajstić information content (AvgIpc) is 2.58. The average molecular weight is 256 g/mol. The van der Waals surface area contributed by atoms with Gasteiger partial charge in [0.2, 0.25) is 0 Å². The van der Waals surface area contributed by atoms with Gasteiger partial charge in [0.05, 0.1) is 11.2 Å². The molecule has 2 aromatic rings. The standard InChI is InChI=1S/C15H20N4/c1-10-11-7-9-17-14-12(6-5-8-16-14)13(11)18-19(10)15(2,3)4/h5-6,8H,7,9H2,1-4H3,(H,16,17). The summed E-state index contributed by atoms with van der Waals surface area (Å²) in [6.07, 6.45) is 2.82. The minimum atomic E-state index is 0.00603. The highest BCUT2D eigenvalue weighted by atomic mass is 15.3. The summed E-state index contributed by atoms with van der Waals surface area (Å²) in [7, 11) is 0. The summed E-state index contributed by atoms with van der Waals surface area (Å²) in [5.74, 6) is 0.944. The zero-order valence-electron chi connectivity index (χ0n) is 12.0. The second-order valence-corrected chi connectivity index (χ2v) is 6.07. The zero-order valence-corrected chi connectivity index (χ0v) is 12.0. The molecule has 19 heavy (non-hydrogen) atoms. The van der Waals surface area contributed by atoms with Crippen molar-refractivity contribution >= 4 is 5.82 Å². The predicted octanol–water partition coefficient (Wildman–Crippen LogP) is 2.98. The van der Waals surface area contributed by atoms with E-state index in [2.05, 4.69) is 48.7 Å². The Bertz CT molecular complexity index is 620. The molecule has 0 saturated carbocycles. The van der Waals surface area contributed by atoms with Crippen LogP contribution >= 0.6 is 0 Å². The van der Waals surface area contributed by atoms with Crippen LogP contribution in [-0.2, 0) is 12.0 Å². The topological polar surface area (TPSA) is 42.7 Å². The molecule has 1 aliphatic heterocycles. The third-order valence-corrected chi connectivity index (χ3v) is 3.61. The van der Waals surface area contributed by atoms with Crippen molar-refractivity contribution in [3.8, 4) is 11.3 Å². The third-order valence-electron chi connectivity index (χ3n) is 3.61. The van der Waals surface area contributed by atoms with Gasteiger partial charge >= 0.3 is 0 Å². The lowest BCUT2D eigenvalue weighted by atomic mass is 10.0. The van der Waals surface area contributed by atoms with Crippen molar-refractivity contribution in [2.45, 2.75) is 39.7 Å². The van der Waals surface area contributed by atoms with Crippen LogP contribution in [0.3, 0.4) is 0 Å². The van der Waals surface area contributed by atoms with E-state index in [1.165, 1.54) is 11.3 Å². The molecule has 3 heterocycles. The van der Waals surface area contributed by atoms with Gasteiger partial charge in [0.25, 0.3) is 0 Å². The molecule has 0 saturated heterocycles. The number of pyridine rings is 1. The van der Waals surface area contributed by atoms with Gasteiger partial charge in [-0.15, -0.1) is 0 Å². The molecule has 0 spiro atoms. The Morgan fingerprint density at radius 3 is 2.84 bits per heavy atom. The van der Waals surface area contributed by atoms with Crippen LogP contribution in [0.5, 0.6) is 0 Å². The molecule has 0 bridgehead atoms. The maximum atomic E-state index is 4.86. The molecule has 0 amide bonds. The summed E-state index contributed by atoms with van der Waals surface area (Å²) in [5.41, 5.74) is 4.81. The van der Waals surface area contributed by atoms with E-state index >= 15 is 0 Å². The molecular weight excluding hydrogens is 236 g/mol. The van der Waals surface area contributed by atoms with Gasteiger partial charge < -0.3 is 5.32 Å². The molecule has 0 unspecified atom stereocenters. The molecule has 1 N–H and O–H groups in total. The first kappa shape index (κ1) is 12.2. The van der Waals surface area contributed by atoms with Gasteiger partial charge in [-0.05, 0) is 46.2 Å². The second-order valence-electron chi connectivity index (χ2n) is 6.07. The van der Waals surface area contributed by atoms with Crippen molar-refractivity contribution in [3.05, 3.63) is 29.6 Å². The van der Waals surface area contributed by atoms with E-state index in [1.807, 2.05) is 12.3 Å². The maximum absolute atomic E-state index is 4.86. The highest BCUT2D eigenvalue weighted by Gasteiger charge is 2.25. The Morgan fingerprint density at radius 2 is 2.11 bits per heavy atom. The Kier molecular flexibility index (Phi) is 2.62. The van der Waals surface area contributed by atoms with Crippen LogP contribution in [0.1, 0.15) is 32.0 Å². The van der Waals surface area contributed by atoms with Gasteiger partial charge in [0.1, 0.15) is 5.82 Å². The van der Waals surface area contributed by atoms with Gasteiger partial charge in [-0.25, -0.2) is 4.98 Å². The minimum absolute atomic E-state index is 0.00603. The Balaban J connectivity index is 2.25. The molecule has 0 radical (unpaired) electrons. The summed E-state index contributed by atoms with van der Waals surface area (Å²) in [6.45, 7) is 9.64. The quantitative estimate of drug-likeness (QED) is 0.788. The summed E-state index contributed by atoms with van der Waals surface area (Å²) in [4.78, 5) is 4.42. The highest BCUT2D eigenvalue weighted by molar-refractivity contribution is 5.76. The van der Waals surface area contributed by atoms with Crippen molar-refractivity contribution in [2.24, 2.45) is 0 Å². The molecule has 4 heteroatoms. The zero-order chi connectivity index (χ0) is 13.6. The fourth-order valence-electron chi connectivity index (χ4n) is 2.75. The lowest BCUT2D eigenvalue weighted by Gasteiger charge is -2.21. The van der Waals surface area contributed by atoms with Crippen molar-refractivity contribution < 1.29 is 0 Å². The molecule has 0 atom stereocenters. The van der Waals surface area contributed by atoms with E-state index in [0.717, 1.165) is 30.0 Å². The molecule has 0 aromatic carbocycles. The molecule has 2 aromatic heterocycles. The molecular formula is C15H20N4. The lowest BCUT2D eigenvalue weighted by Crippen LogP contribution is -2.24. The number of rotatable bonds is 0. The summed E-state index contributed by atoms with van der Waals surface area (Å²) >= 11 is 0. The molecule has 3 rings (SSSR count). The van der Waals surface area contributed by atoms with Crippen molar-refractivity contribution in [1.29, 1.82) is 0 Å². The second kappa shape index (κ2) is 4.08. The van der Waals surface area contributed by atoms with Crippen LogP contribution in [0.4, 0.5) is 5.82 Å². The van der Waals surface area contributed by atoms with Gasteiger partial charge in [0, 0.05) is 29.6 Å². The SMILES string of the molecule is Cc1c2c(nn1C(C)(C)C)-c1cccnc1NCC2. The Labute approximate surface area is 113 Å². The van der Waals surface area contributed by atoms with Crippen molar-refractivity contribution in [3.63, 3.8) is 0 Å². The van der Waals surface area contributed by atoms with Crippen molar-refractivity contribution in [1.82, 2.24) is 14.8 Å². The Morgan fingerprint density at radius 1 is 1.32 bits per heavy atom. The number of fused-ring (bicyclic) bond motifs is 3. The first-order valence-electron chi connectivity index (χ1n) is 6.77. The van der Waals surface area contributed by atoms with E-state index in [1.54, 1.807) is 0 Å². The van der Waals surface area contributed by atoms with E-state index in [-0.39, 0.29) is 5.54 Å². The summed E-state index contributed by atoms with van der Waals surface area (Å²) in [6, 6.07) is 4.07. The lowest BCUT2D eigenvalue weighted by molar-refractivity contribution is 0.348. The van der Waals surface area contributed by atoms with Gasteiger partial charge in [-0.1, -0.05) is 0 Å².